The summed E-state index contributed by atoms with van der Waals surface area (Å²) in [4.78, 5) is 12.6. The lowest BCUT2D eigenvalue weighted by molar-refractivity contribution is 0.102. The fourth-order valence-electron chi connectivity index (χ4n) is 3.09. The fraction of sp³-hybridized carbons (Fsp3) is 0.545. The second-order valence-electron chi connectivity index (χ2n) is 9.81. The molecular weight excluding hydrogens is 407 g/mol. The van der Waals surface area contributed by atoms with Crippen molar-refractivity contribution in [1.82, 2.24) is 15.1 Å². The highest BCUT2D eigenvalue weighted by Gasteiger charge is 2.38. The maximum absolute atomic E-state index is 12.6. The topological polar surface area (TPSA) is 59.0 Å². The van der Waals surface area contributed by atoms with Gasteiger partial charge in [0.25, 0.3) is 5.91 Å². The Morgan fingerprint density at radius 3 is 2.45 bits per heavy atom. The zero-order valence-electron chi connectivity index (χ0n) is 18.2. The molecule has 2 unspecified atom stereocenters. The van der Waals surface area contributed by atoms with Crippen molar-refractivity contribution in [2.45, 2.75) is 65.5 Å². The quantitative estimate of drug-likeness (QED) is 0.669. The maximum atomic E-state index is 12.6. The van der Waals surface area contributed by atoms with E-state index in [1.807, 2.05) is 29.1 Å². The molecule has 1 saturated carbocycles. The van der Waals surface area contributed by atoms with E-state index in [0.29, 0.717) is 17.5 Å². The summed E-state index contributed by atoms with van der Waals surface area (Å²) in [5, 5.41) is 10.9. The van der Waals surface area contributed by atoms with Crippen LogP contribution in [0.3, 0.4) is 0 Å². The highest BCUT2D eigenvalue weighted by atomic mass is 35.5. The number of aromatic nitrogens is 2. The predicted octanol–water partition coefficient (Wildman–Crippen LogP) is 5.23. The van der Waals surface area contributed by atoms with E-state index < -0.39 is 0 Å². The van der Waals surface area contributed by atoms with Gasteiger partial charge in [-0.15, -0.1) is 24.8 Å². The van der Waals surface area contributed by atoms with Crippen LogP contribution in [0.4, 0.5) is 5.69 Å². The maximum Gasteiger partial charge on any atom is 0.255 e. The summed E-state index contributed by atoms with van der Waals surface area (Å²) in [6.45, 7) is 14.0. The summed E-state index contributed by atoms with van der Waals surface area (Å²) < 4.78 is 1.86. The van der Waals surface area contributed by atoms with E-state index in [-0.39, 0.29) is 41.7 Å². The van der Waals surface area contributed by atoms with Gasteiger partial charge in [-0.1, -0.05) is 32.9 Å². The fourth-order valence-corrected chi connectivity index (χ4v) is 3.09. The Kier molecular flexibility index (Phi) is 8.35. The van der Waals surface area contributed by atoms with Gasteiger partial charge in [0.2, 0.25) is 0 Å². The van der Waals surface area contributed by atoms with Crippen molar-refractivity contribution in [2.24, 2.45) is 5.41 Å². The van der Waals surface area contributed by atoms with Crippen molar-refractivity contribution in [1.29, 1.82) is 0 Å². The van der Waals surface area contributed by atoms with Gasteiger partial charge in [0, 0.05) is 30.3 Å². The number of carbonyl (C=O) groups is 1. The summed E-state index contributed by atoms with van der Waals surface area (Å²) >= 11 is 0. The second-order valence-corrected chi connectivity index (χ2v) is 9.81. The van der Waals surface area contributed by atoms with Crippen molar-refractivity contribution in [2.75, 3.05) is 11.9 Å². The number of rotatable bonds is 5. The van der Waals surface area contributed by atoms with Crippen LogP contribution in [0.2, 0.25) is 0 Å². The van der Waals surface area contributed by atoms with Crippen LogP contribution >= 0.6 is 24.8 Å². The Morgan fingerprint density at radius 1 is 1.17 bits per heavy atom. The Bertz CT molecular complexity index is 821. The monoisotopic (exact) mass is 440 g/mol. The molecule has 1 aliphatic rings. The van der Waals surface area contributed by atoms with Gasteiger partial charge < -0.3 is 10.6 Å². The number of halogens is 2. The first-order valence-corrected chi connectivity index (χ1v) is 9.73. The second kappa shape index (κ2) is 9.50. The van der Waals surface area contributed by atoms with Crippen LogP contribution in [-0.2, 0) is 5.54 Å². The molecule has 2 N–H and O–H groups in total. The number of hydrogen-bond donors (Lipinski definition) is 2. The van der Waals surface area contributed by atoms with Crippen LogP contribution in [-0.4, -0.2) is 28.3 Å². The third kappa shape index (κ3) is 7.02. The van der Waals surface area contributed by atoms with Crippen molar-refractivity contribution in [3.05, 3.63) is 47.8 Å². The van der Waals surface area contributed by atoms with E-state index in [0.717, 1.165) is 18.7 Å². The van der Waals surface area contributed by atoms with E-state index in [1.54, 1.807) is 6.20 Å². The van der Waals surface area contributed by atoms with Crippen LogP contribution in [0.5, 0.6) is 0 Å². The number of anilines is 1. The number of nitrogens with zero attached hydrogens (tertiary/aromatic N) is 2. The van der Waals surface area contributed by atoms with Crippen molar-refractivity contribution >= 4 is 36.4 Å². The molecule has 0 saturated heterocycles. The molecule has 5 nitrogen and oxygen atoms in total. The summed E-state index contributed by atoms with van der Waals surface area (Å²) in [5.74, 6) is 0.411. The van der Waals surface area contributed by atoms with Crippen LogP contribution < -0.4 is 10.6 Å². The molecule has 2 aromatic rings. The van der Waals surface area contributed by atoms with Crippen molar-refractivity contribution in [3.63, 3.8) is 0 Å². The third-order valence-corrected chi connectivity index (χ3v) is 4.79. The Hall–Kier alpha value is -1.56. The predicted molar refractivity (Wildman–Crippen MR) is 125 cm³/mol. The van der Waals surface area contributed by atoms with Gasteiger partial charge in [0.15, 0.2) is 0 Å². The molecule has 1 amide bonds. The molecule has 1 aliphatic carbocycles. The molecule has 0 radical (unpaired) electrons. The van der Waals surface area contributed by atoms with Crippen LogP contribution in [0.15, 0.2) is 36.7 Å². The molecule has 0 spiro atoms. The molecule has 0 bridgehead atoms. The van der Waals surface area contributed by atoms with Gasteiger partial charge in [0.05, 0.1) is 17.4 Å². The SMILES string of the molecule is CC(C)(C)CNC1CC1c1cccc(C(=O)Nc2cnn(C(C)(C)C)c2)c1.Cl.Cl. The summed E-state index contributed by atoms with van der Waals surface area (Å²) in [7, 11) is 0. The molecule has 1 aromatic carbocycles. The molecule has 29 heavy (non-hydrogen) atoms. The number of hydrogen-bond acceptors (Lipinski definition) is 3. The van der Waals surface area contributed by atoms with Crippen molar-refractivity contribution < 1.29 is 4.79 Å². The van der Waals surface area contributed by atoms with Crippen molar-refractivity contribution in [3.8, 4) is 0 Å². The Labute approximate surface area is 186 Å². The number of benzene rings is 1. The van der Waals surface area contributed by atoms with Gasteiger partial charge in [0.1, 0.15) is 0 Å². The molecule has 1 fully saturated rings. The number of carbonyl (C=O) groups excluding carboxylic acids is 1. The minimum Gasteiger partial charge on any atom is -0.319 e. The molecular formula is C22H34Cl2N4O. The third-order valence-electron chi connectivity index (χ3n) is 4.79. The lowest BCUT2D eigenvalue weighted by atomic mass is 9.97. The minimum absolute atomic E-state index is 0. The van der Waals surface area contributed by atoms with Gasteiger partial charge in [-0.3, -0.25) is 9.48 Å². The molecule has 1 aromatic heterocycles. The summed E-state index contributed by atoms with van der Waals surface area (Å²) in [6, 6.07) is 8.51. The molecule has 2 atom stereocenters. The first-order chi connectivity index (χ1) is 12.5. The molecule has 162 valence electrons. The normalized spacial score (nSPS) is 18.4. The molecule has 1 heterocycles. The van der Waals surface area contributed by atoms with Gasteiger partial charge >= 0.3 is 0 Å². The minimum atomic E-state index is -0.107. The van der Waals surface area contributed by atoms with E-state index in [2.05, 4.69) is 63.3 Å². The molecule has 7 heteroatoms. The Balaban J connectivity index is 0.00000210. The van der Waals surface area contributed by atoms with E-state index in [1.165, 1.54) is 5.56 Å². The van der Waals surface area contributed by atoms with E-state index in [4.69, 9.17) is 0 Å². The smallest absolute Gasteiger partial charge is 0.255 e. The average Bonchev–Trinajstić information content (AvgIpc) is 3.20. The first kappa shape index (κ1) is 25.5. The highest BCUT2D eigenvalue weighted by molar-refractivity contribution is 6.04. The molecule has 0 aliphatic heterocycles. The standard InChI is InChI=1S/C22H32N4O.2ClH/c1-21(2,3)14-23-19-11-18(19)15-8-7-9-16(10-15)20(27)25-17-12-24-26(13-17)22(4,5)6;;/h7-10,12-13,18-19,23H,11,14H2,1-6H3,(H,25,27);2*1H. The van der Waals surface area contributed by atoms with Gasteiger partial charge in [-0.2, -0.15) is 5.10 Å². The summed E-state index contributed by atoms with van der Waals surface area (Å²) in [5.41, 5.74) is 2.82. The summed E-state index contributed by atoms with van der Waals surface area (Å²) in [6.07, 6.45) is 4.70. The highest BCUT2D eigenvalue weighted by Crippen LogP contribution is 2.41. The zero-order chi connectivity index (χ0) is 19.8. The van der Waals surface area contributed by atoms with Crippen LogP contribution in [0, 0.1) is 5.41 Å². The lowest BCUT2D eigenvalue weighted by Crippen LogP contribution is -2.29. The Morgan fingerprint density at radius 2 is 1.86 bits per heavy atom. The number of amides is 1. The van der Waals surface area contributed by atoms with Gasteiger partial charge in [-0.25, -0.2) is 0 Å². The average molecular weight is 441 g/mol. The van der Waals surface area contributed by atoms with Crippen LogP contribution in [0.25, 0.3) is 0 Å². The van der Waals surface area contributed by atoms with E-state index in [9.17, 15) is 4.79 Å². The first-order valence-electron chi connectivity index (χ1n) is 9.73. The van der Waals surface area contributed by atoms with Crippen LogP contribution in [0.1, 0.15) is 69.8 Å². The molecule has 3 rings (SSSR count). The van der Waals surface area contributed by atoms with E-state index >= 15 is 0 Å². The lowest BCUT2D eigenvalue weighted by Gasteiger charge is -2.19. The zero-order valence-corrected chi connectivity index (χ0v) is 19.8. The largest absolute Gasteiger partial charge is 0.319 e. The van der Waals surface area contributed by atoms with Gasteiger partial charge in [-0.05, 0) is 50.3 Å². The number of nitrogens with one attached hydrogen (secondary N) is 2.